The Morgan fingerprint density at radius 1 is 1.43 bits per heavy atom. The average Bonchev–Trinajstić information content (AvgIpc) is 2.41. The van der Waals surface area contributed by atoms with E-state index < -0.39 is 0 Å². The molecule has 0 fully saturated rings. The summed E-state index contributed by atoms with van der Waals surface area (Å²) in [5.74, 6) is -0.0237. The molecule has 1 aromatic rings. The van der Waals surface area contributed by atoms with E-state index in [-0.39, 0.29) is 11.4 Å². The first-order valence-electron chi connectivity index (χ1n) is 7.32. The van der Waals surface area contributed by atoms with Gasteiger partial charge in [0, 0.05) is 17.6 Å². The summed E-state index contributed by atoms with van der Waals surface area (Å²) in [5, 5.41) is 3.28. The minimum absolute atomic E-state index is 0.0237. The fourth-order valence-corrected chi connectivity index (χ4v) is 2.13. The van der Waals surface area contributed by atoms with Crippen LogP contribution in [0.5, 0.6) is 0 Å². The molecule has 118 valence electrons. The standard InChI is InChI=1S/C16H26ClN3O/c1-5-16(2,3)20(4)10-6-7-15(21)19-14-9-8-12(18)11-13(14)17/h8-9,11H,5-7,10,18H2,1-4H3,(H,19,21). The molecule has 0 bridgehead atoms. The van der Waals surface area contributed by atoms with Gasteiger partial charge in [0.15, 0.2) is 0 Å². The second kappa shape index (κ2) is 7.66. The van der Waals surface area contributed by atoms with Crippen LogP contribution in [0, 0.1) is 0 Å². The van der Waals surface area contributed by atoms with Crippen molar-refractivity contribution in [2.75, 3.05) is 24.6 Å². The summed E-state index contributed by atoms with van der Waals surface area (Å²) < 4.78 is 0. The van der Waals surface area contributed by atoms with Gasteiger partial charge < -0.3 is 16.0 Å². The molecule has 5 heteroatoms. The number of hydrogen-bond donors (Lipinski definition) is 2. The van der Waals surface area contributed by atoms with Crippen LogP contribution >= 0.6 is 11.6 Å². The van der Waals surface area contributed by atoms with Gasteiger partial charge >= 0.3 is 0 Å². The lowest BCUT2D eigenvalue weighted by molar-refractivity contribution is -0.116. The highest BCUT2D eigenvalue weighted by molar-refractivity contribution is 6.34. The highest BCUT2D eigenvalue weighted by Crippen LogP contribution is 2.24. The number of rotatable bonds is 7. The van der Waals surface area contributed by atoms with Gasteiger partial charge in [-0.1, -0.05) is 18.5 Å². The third-order valence-corrected chi connectivity index (χ3v) is 4.38. The lowest BCUT2D eigenvalue weighted by Crippen LogP contribution is -2.41. The third kappa shape index (κ3) is 5.56. The van der Waals surface area contributed by atoms with E-state index in [1.54, 1.807) is 18.2 Å². The van der Waals surface area contributed by atoms with Crippen LogP contribution in [0.1, 0.15) is 40.0 Å². The number of hydrogen-bond acceptors (Lipinski definition) is 3. The van der Waals surface area contributed by atoms with E-state index in [1.165, 1.54) is 0 Å². The zero-order valence-corrected chi connectivity index (χ0v) is 14.1. The fraction of sp³-hybridized carbons (Fsp3) is 0.562. The van der Waals surface area contributed by atoms with Crippen molar-refractivity contribution in [3.63, 3.8) is 0 Å². The molecular weight excluding hydrogens is 286 g/mol. The van der Waals surface area contributed by atoms with Gasteiger partial charge in [-0.15, -0.1) is 0 Å². The van der Waals surface area contributed by atoms with Crippen molar-refractivity contribution in [2.45, 2.75) is 45.6 Å². The molecule has 0 aliphatic rings. The molecular formula is C16H26ClN3O. The van der Waals surface area contributed by atoms with Gasteiger partial charge in [-0.05, 0) is 58.5 Å². The smallest absolute Gasteiger partial charge is 0.224 e. The van der Waals surface area contributed by atoms with Crippen molar-refractivity contribution in [3.8, 4) is 0 Å². The van der Waals surface area contributed by atoms with Crippen molar-refractivity contribution in [1.29, 1.82) is 0 Å². The highest BCUT2D eigenvalue weighted by atomic mass is 35.5. The number of benzene rings is 1. The first-order chi connectivity index (χ1) is 9.76. The van der Waals surface area contributed by atoms with Crippen LogP contribution in [0.15, 0.2) is 18.2 Å². The Morgan fingerprint density at radius 2 is 2.10 bits per heavy atom. The number of nitrogens with two attached hydrogens (primary N) is 1. The van der Waals surface area contributed by atoms with E-state index in [1.807, 2.05) is 0 Å². The van der Waals surface area contributed by atoms with Crippen molar-refractivity contribution in [1.82, 2.24) is 4.90 Å². The van der Waals surface area contributed by atoms with Crippen LogP contribution in [-0.4, -0.2) is 29.9 Å². The third-order valence-electron chi connectivity index (χ3n) is 4.06. The molecule has 0 unspecified atom stereocenters. The summed E-state index contributed by atoms with van der Waals surface area (Å²) in [6.45, 7) is 7.48. The van der Waals surface area contributed by atoms with Gasteiger partial charge in [-0.2, -0.15) is 0 Å². The van der Waals surface area contributed by atoms with Gasteiger partial charge in [0.2, 0.25) is 5.91 Å². The Morgan fingerprint density at radius 3 is 2.67 bits per heavy atom. The molecule has 0 aliphatic carbocycles. The second-order valence-electron chi connectivity index (χ2n) is 5.98. The van der Waals surface area contributed by atoms with E-state index in [2.05, 4.69) is 38.0 Å². The molecule has 0 atom stereocenters. The number of halogens is 1. The Balaban J connectivity index is 2.41. The molecule has 4 nitrogen and oxygen atoms in total. The molecule has 0 spiro atoms. The summed E-state index contributed by atoms with van der Waals surface area (Å²) in [6, 6.07) is 5.08. The van der Waals surface area contributed by atoms with E-state index in [0.29, 0.717) is 22.8 Å². The van der Waals surface area contributed by atoms with Crippen molar-refractivity contribution in [3.05, 3.63) is 23.2 Å². The van der Waals surface area contributed by atoms with Crippen LogP contribution in [-0.2, 0) is 4.79 Å². The predicted octanol–water partition coefficient (Wildman–Crippen LogP) is 3.76. The molecule has 1 amide bonds. The number of nitrogen functional groups attached to an aromatic ring is 1. The molecule has 0 heterocycles. The monoisotopic (exact) mass is 311 g/mol. The molecule has 0 saturated carbocycles. The van der Waals surface area contributed by atoms with Gasteiger partial charge in [0.1, 0.15) is 0 Å². The van der Waals surface area contributed by atoms with Crippen LogP contribution in [0.2, 0.25) is 5.02 Å². The van der Waals surface area contributed by atoms with Crippen molar-refractivity contribution < 1.29 is 4.79 Å². The first kappa shape index (κ1) is 17.8. The number of carbonyl (C=O) groups excluding carboxylic acids is 1. The molecule has 0 radical (unpaired) electrons. The van der Waals surface area contributed by atoms with Gasteiger partial charge in [-0.25, -0.2) is 0 Å². The Labute approximate surface area is 132 Å². The Kier molecular flexibility index (Phi) is 6.49. The molecule has 21 heavy (non-hydrogen) atoms. The number of anilines is 2. The maximum Gasteiger partial charge on any atom is 0.224 e. The second-order valence-corrected chi connectivity index (χ2v) is 6.39. The average molecular weight is 312 g/mol. The predicted molar refractivity (Wildman–Crippen MR) is 90.7 cm³/mol. The minimum atomic E-state index is -0.0237. The molecule has 0 aliphatic heterocycles. The van der Waals surface area contributed by atoms with E-state index in [9.17, 15) is 4.79 Å². The summed E-state index contributed by atoms with van der Waals surface area (Å²) >= 11 is 6.03. The van der Waals surface area contributed by atoms with Crippen LogP contribution < -0.4 is 11.1 Å². The van der Waals surface area contributed by atoms with Crippen LogP contribution in [0.3, 0.4) is 0 Å². The molecule has 0 aromatic heterocycles. The van der Waals surface area contributed by atoms with Crippen molar-refractivity contribution in [2.24, 2.45) is 0 Å². The lowest BCUT2D eigenvalue weighted by Gasteiger charge is -2.34. The zero-order valence-electron chi connectivity index (χ0n) is 13.4. The topological polar surface area (TPSA) is 58.4 Å². The van der Waals surface area contributed by atoms with Crippen LogP contribution in [0.4, 0.5) is 11.4 Å². The largest absolute Gasteiger partial charge is 0.399 e. The zero-order chi connectivity index (χ0) is 16.0. The number of nitrogens with zero attached hydrogens (tertiary/aromatic N) is 1. The normalized spacial score (nSPS) is 11.7. The quantitative estimate of drug-likeness (QED) is 0.754. The lowest BCUT2D eigenvalue weighted by atomic mass is 10.00. The van der Waals surface area contributed by atoms with Gasteiger partial charge in [0.25, 0.3) is 0 Å². The highest BCUT2D eigenvalue weighted by Gasteiger charge is 2.20. The van der Waals surface area contributed by atoms with Crippen LogP contribution in [0.25, 0.3) is 0 Å². The number of amides is 1. The first-order valence-corrected chi connectivity index (χ1v) is 7.70. The Hall–Kier alpha value is -1.26. The number of nitrogens with one attached hydrogen (secondary N) is 1. The minimum Gasteiger partial charge on any atom is -0.399 e. The maximum absolute atomic E-state index is 11.9. The van der Waals surface area contributed by atoms with Crippen molar-refractivity contribution >= 4 is 28.9 Å². The SMILES string of the molecule is CCC(C)(C)N(C)CCCC(=O)Nc1ccc(N)cc1Cl. The van der Waals surface area contributed by atoms with Gasteiger partial charge in [0.05, 0.1) is 10.7 Å². The maximum atomic E-state index is 11.9. The molecule has 1 rings (SSSR count). The van der Waals surface area contributed by atoms with E-state index in [0.717, 1.165) is 19.4 Å². The molecule has 3 N–H and O–H groups in total. The fourth-order valence-electron chi connectivity index (χ4n) is 1.89. The van der Waals surface area contributed by atoms with Gasteiger partial charge in [-0.3, -0.25) is 4.79 Å². The Bertz CT molecular complexity index is 488. The summed E-state index contributed by atoms with van der Waals surface area (Å²) in [5.41, 5.74) is 6.98. The van der Waals surface area contributed by atoms with E-state index in [4.69, 9.17) is 17.3 Å². The number of carbonyl (C=O) groups is 1. The summed E-state index contributed by atoms with van der Waals surface area (Å²) in [7, 11) is 2.10. The summed E-state index contributed by atoms with van der Waals surface area (Å²) in [4.78, 5) is 14.2. The molecule has 1 aromatic carbocycles. The molecule has 0 saturated heterocycles. The van der Waals surface area contributed by atoms with E-state index >= 15 is 0 Å². The summed E-state index contributed by atoms with van der Waals surface area (Å²) in [6.07, 6.45) is 2.37.